The minimum absolute atomic E-state index is 0.0419. The fraction of sp³-hybridized carbons (Fsp3) is 0.250. The highest BCUT2D eigenvalue weighted by Gasteiger charge is 2.12. The van der Waals surface area contributed by atoms with E-state index in [1.54, 1.807) is 6.26 Å². The van der Waals surface area contributed by atoms with E-state index in [0.717, 1.165) is 9.55 Å². The van der Waals surface area contributed by atoms with Gasteiger partial charge in [-0.3, -0.25) is 4.79 Å². The summed E-state index contributed by atoms with van der Waals surface area (Å²) in [6.07, 6.45) is 2.34. The largest absolute Gasteiger partial charge is 0.469 e. The first-order valence-corrected chi connectivity index (χ1v) is 6.84. The van der Waals surface area contributed by atoms with E-state index in [-0.39, 0.29) is 11.9 Å². The zero-order chi connectivity index (χ0) is 12.3. The van der Waals surface area contributed by atoms with Crippen LogP contribution in [0.2, 0.25) is 0 Å². The zero-order valence-corrected chi connectivity index (χ0v) is 11.7. The van der Waals surface area contributed by atoms with Crippen LogP contribution in [-0.4, -0.2) is 11.9 Å². The number of carbonyl (C=O) groups excluding carboxylic acids is 1. The van der Waals surface area contributed by atoms with Gasteiger partial charge < -0.3 is 9.73 Å². The summed E-state index contributed by atoms with van der Waals surface area (Å²) in [5.41, 5.74) is 0. The SMILES string of the molecule is CC(Cc1ccco1)NC(=O)c1ccc(Br)s1. The molecule has 0 bridgehead atoms. The highest BCUT2D eigenvalue weighted by atomic mass is 79.9. The van der Waals surface area contributed by atoms with Gasteiger partial charge in [0.25, 0.3) is 5.91 Å². The van der Waals surface area contributed by atoms with Gasteiger partial charge in [0.05, 0.1) is 14.9 Å². The molecule has 0 spiro atoms. The lowest BCUT2D eigenvalue weighted by Gasteiger charge is -2.11. The Labute approximate surface area is 112 Å². The molecule has 2 aromatic heterocycles. The van der Waals surface area contributed by atoms with Gasteiger partial charge in [-0.1, -0.05) is 0 Å². The van der Waals surface area contributed by atoms with Crippen molar-refractivity contribution in [3.8, 4) is 0 Å². The normalized spacial score (nSPS) is 12.4. The van der Waals surface area contributed by atoms with E-state index in [1.807, 2.05) is 31.2 Å². The fourth-order valence-corrected chi connectivity index (χ4v) is 2.80. The van der Waals surface area contributed by atoms with Crippen LogP contribution in [0.5, 0.6) is 0 Å². The third-order valence-electron chi connectivity index (χ3n) is 2.26. The highest BCUT2D eigenvalue weighted by molar-refractivity contribution is 9.11. The number of hydrogen-bond donors (Lipinski definition) is 1. The minimum Gasteiger partial charge on any atom is -0.469 e. The number of thiophene rings is 1. The second kappa shape index (κ2) is 5.51. The monoisotopic (exact) mass is 313 g/mol. The molecule has 1 unspecified atom stereocenters. The lowest BCUT2D eigenvalue weighted by atomic mass is 10.2. The Morgan fingerprint density at radius 2 is 2.35 bits per heavy atom. The number of halogens is 1. The summed E-state index contributed by atoms with van der Waals surface area (Å²) in [6.45, 7) is 1.96. The molecule has 17 heavy (non-hydrogen) atoms. The molecule has 90 valence electrons. The quantitative estimate of drug-likeness (QED) is 0.939. The molecule has 1 amide bonds. The topological polar surface area (TPSA) is 42.2 Å². The Bertz CT molecular complexity index is 492. The lowest BCUT2D eigenvalue weighted by molar-refractivity contribution is 0.0943. The minimum atomic E-state index is -0.0419. The number of amides is 1. The van der Waals surface area contributed by atoms with Crippen LogP contribution in [0, 0.1) is 0 Å². The van der Waals surface area contributed by atoms with Crippen molar-refractivity contribution < 1.29 is 9.21 Å². The number of rotatable bonds is 4. The number of hydrogen-bond acceptors (Lipinski definition) is 3. The Hall–Kier alpha value is -1.07. The molecule has 0 saturated carbocycles. The molecule has 3 nitrogen and oxygen atoms in total. The first-order chi connectivity index (χ1) is 8.15. The fourth-order valence-electron chi connectivity index (χ4n) is 1.51. The molecule has 0 aromatic carbocycles. The second-order valence-corrected chi connectivity index (χ2v) is 6.22. The van der Waals surface area contributed by atoms with Crippen LogP contribution in [0.3, 0.4) is 0 Å². The summed E-state index contributed by atoms with van der Waals surface area (Å²) in [5, 5.41) is 2.94. The molecule has 1 N–H and O–H groups in total. The molecule has 0 aliphatic heterocycles. The van der Waals surface area contributed by atoms with Gasteiger partial charge in [0, 0.05) is 12.5 Å². The van der Waals surface area contributed by atoms with Crippen molar-refractivity contribution in [1.82, 2.24) is 5.32 Å². The summed E-state index contributed by atoms with van der Waals surface area (Å²) >= 11 is 4.77. The van der Waals surface area contributed by atoms with E-state index in [4.69, 9.17) is 4.42 Å². The zero-order valence-electron chi connectivity index (χ0n) is 9.27. The van der Waals surface area contributed by atoms with Crippen molar-refractivity contribution in [2.45, 2.75) is 19.4 Å². The second-order valence-electron chi connectivity index (χ2n) is 3.76. The van der Waals surface area contributed by atoms with Crippen molar-refractivity contribution in [3.05, 3.63) is 45.0 Å². The maximum atomic E-state index is 11.8. The summed E-state index contributed by atoms with van der Waals surface area (Å²) in [6, 6.07) is 7.49. The standard InChI is InChI=1S/C12H12BrNO2S/c1-8(7-9-3-2-6-16-9)14-12(15)10-4-5-11(13)17-10/h2-6,8H,7H2,1H3,(H,14,15). The van der Waals surface area contributed by atoms with Crippen LogP contribution in [0.25, 0.3) is 0 Å². The lowest BCUT2D eigenvalue weighted by Crippen LogP contribution is -2.33. The molecule has 0 saturated heterocycles. The van der Waals surface area contributed by atoms with E-state index in [0.29, 0.717) is 11.3 Å². The summed E-state index contributed by atoms with van der Waals surface area (Å²) in [5.74, 6) is 0.838. The molecule has 2 rings (SSSR count). The summed E-state index contributed by atoms with van der Waals surface area (Å²) in [4.78, 5) is 12.6. The van der Waals surface area contributed by atoms with Crippen molar-refractivity contribution >= 4 is 33.2 Å². The molecule has 0 radical (unpaired) electrons. The van der Waals surface area contributed by atoms with Crippen molar-refractivity contribution in [2.75, 3.05) is 0 Å². The van der Waals surface area contributed by atoms with Crippen LogP contribution < -0.4 is 5.32 Å². The predicted octanol–water partition coefficient (Wildman–Crippen LogP) is 3.46. The first-order valence-electron chi connectivity index (χ1n) is 5.24. The molecule has 2 aromatic rings. The Balaban J connectivity index is 1.90. The molecule has 5 heteroatoms. The van der Waals surface area contributed by atoms with E-state index < -0.39 is 0 Å². The van der Waals surface area contributed by atoms with Crippen LogP contribution in [0.1, 0.15) is 22.4 Å². The molecule has 0 fully saturated rings. The number of nitrogens with one attached hydrogen (secondary N) is 1. The van der Waals surface area contributed by atoms with Gasteiger partial charge in [0.15, 0.2) is 0 Å². The van der Waals surface area contributed by atoms with E-state index >= 15 is 0 Å². The average molecular weight is 314 g/mol. The van der Waals surface area contributed by atoms with Crippen molar-refractivity contribution in [3.63, 3.8) is 0 Å². The molecule has 0 aliphatic carbocycles. The molecule has 2 heterocycles. The predicted molar refractivity (Wildman–Crippen MR) is 71.4 cm³/mol. The van der Waals surface area contributed by atoms with Gasteiger partial charge in [-0.15, -0.1) is 11.3 Å². The molecule has 0 aliphatic rings. The molecule has 1 atom stereocenters. The van der Waals surface area contributed by atoms with Crippen LogP contribution in [0.15, 0.2) is 38.7 Å². The Morgan fingerprint density at radius 3 is 2.94 bits per heavy atom. The smallest absolute Gasteiger partial charge is 0.261 e. The number of carbonyl (C=O) groups is 1. The highest BCUT2D eigenvalue weighted by Crippen LogP contribution is 2.22. The number of furan rings is 1. The van der Waals surface area contributed by atoms with Gasteiger partial charge in [0.1, 0.15) is 5.76 Å². The third kappa shape index (κ3) is 3.44. The maximum Gasteiger partial charge on any atom is 0.261 e. The van der Waals surface area contributed by atoms with Crippen LogP contribution in [-0.2, 0) is 6.42 Å². The summed E-state index contributed by atoms with van der Waals surface area (Å²) < 4.78 is 6.20. The maximum absolute atomic E-state index is 11.8. The third-order valence-corrected chi connectivity index (χ3v) is 3.88. The van der Waals surface area contributed by atoms with Crippen LogP contribution in [0.4, 0.5) is 0 Å². The van der Waals surface area contributed by atoms with Crippen LogP contribution >= 0.6 is 27.3 Å². The molecular weight excluding hydrogens is 302 g/mol. The Morgan fingerprint density at radius 1 is 1.53 bits per heavy atom. The van der Waals surface area contributed by atoms with E-state index in [1.165, 1.54) is 11.3 Å². The van der Waals surface area contributed by atoms with Gasteiger partial charge in [-0.25, -0.2) is 0 Å². The van der Waals surface area contributed by atoms with Gasteiger partial charge in [-0.2, -0.15) is 0 Å². The van der Waals surface area contributed by atoms with Gasteiger partial charge in [0.2, 0.25) is 0 Å². The first kappa shape index (κ1) is 12.4. The van der Waals surface area contributed by atoms with Gasteiger partial charge in [-0.05, 0) is 47.1 Å². The van der Waals surface area contributed by atoms with E-state index in [9.17, 15) is 4.79 Å². The van der Waals surface area contributed by atoms with Gasteiger partial charge >= 0.3 is 0 Å². The molecular formula is C12H12BrNO2S. The average Bonchev–Trinajstić information content (AvgIpc) is 2.89. The van der Waals surface area contributed by atoms with Crippen molar-refractivity contribution in [1.29, 1.82) is 0 Å². The Kier molecular flexibility index (Phi) is 4.02. The summed E-state index contributed by atoms with van der Waals surface area (Å²) in [7, 11) is 0. The van der Waals surface area contributed by atoms with E-state index in [2.05, 4.69) is 21.2 Å². The van der Waals surface area contributed by atoms with Crippen molar-refractivity contribution in [2.24, 2.45) is 0 Å².